The number of hydrogen-bond donors (Lipinski definition) is 1. The van der Waals surface area contributed by atoms with Crippen LogP contribution in [0.25, 0.3) is 11.1 Å². The number of nitrogens with zero attached hydrogens (tertiary/aromatic N) is 3. The van der Waals surface area contributed by atoms with Gasteiger partial charge in [-0.15, -0.1) is 0 Å². The molecule has 0 saturated carbocycles. The quantitative estimate of drug-likeness (QED) is 0.767. The first-order chi connectivity index (χ1) is 13.1. The third kappa shape index (κ3) is 3.52. The van der Waals surface area contributed by atoms with Crippen molar-refractivity contribution in [3.8, 4) is 11.1 Å². The van der Waals surface area contributed by atoms with E-state index in [2.05, 4.69) is 27.5 Å². The fraction of sp³-hybridized carbons (Fsp3) is 0.381. The Morgan fingerprint density at radius 1 is 1.30 bits per heavy atom. The SMILES string of the molecule is Cc1noc(C)c1CC(=O)N1CCC[C@H](c2[nH]ncc2-c2ccccc2)C1. The first-order valence-electron chi connectivity index (χ1n) is 9.41. The van der Waals surface area contributed by atoms with E-state index in [1.54, 1.807) is 0 Å². The molecule has 0 unspecified atom stereocenters. The van der Waals surface area contributed by atoms with Crippen LogP contribution < -0.4 is 0 Å². The van der Waals surface area contributed by atoms with Crippen LogP contribution in [0.15, 0.2) is 41.1 Å². The minimum absolute atomic E-state index is 0.134. The van der Waals surface area contributed by atoms with Crippen molar-refractivity contribution >= 4 is 5.91 Å². The zero-order valence-electron chi connectivity index (χ0n) is 15.7. The van der Waals surface area contributed by atoms with E-state index in [0.717, 1.165) is 53.2 Å². The zero-order valence-corrected chi connectivity index (χ0v) is 15.7. The van der Waals surface area contributed by atoms with E-state index >= 15 is 0 Å². The van der Waals surface area contributed by atoms with Crippen LogP contribution in [0.3, 0.4) is 0 Å². The number of hydrogen-bond acceptors (Lipinski definition) is 4. The number of nitrogens with one attached hydrogen (secondary N) is 1. The zero-order chi connectivity index (χ0) is 18.8. The van der Waals surface area contributed by atoms with Gasteiger partial charge in [0.15, 0.2) is 0 Å². The lowest BCUT2D eigenvalue weighted by molar-refractivity contribution is -0.131. The van der Waals surface area contributed by atoms with Crippen molar-refractivity contribution in [1.29, 1.82) is 0 Å². The minimum Gasteiger partial charge on any atom is -0.361 e. The Hall–Kier alpha value is -2.89. The summed E-state index contributed by atoms with van der Waals surface area (Å²) >= 11 is 0. The fourth-order valence-corrected chi connectivity index (χ4v) is 3.91. The lowest BCUT2D eigenvalue weighted by Gasteiger charge is -2.33. The van der Waals surface area contributed by atoms with Crippen molar-refractivity contribution < 1.29 is 9.32 Å². The van der Waals surface area contributed by atoms with Gasteiger partial charge in [-0.05, 0) is 32.3 Å². The molecule has 1 saturated heterocycles. The fourth-order valence-electron chi connectivity index (χ4n) is 3.91. The van der Waals surface area contributed by atoms with E-state index in [1.165, 1.54) is 0 Å². The molecule has 3 aromatic rings. The summed E-state index contributed by atoms with van der Waals surface area (Å²) in [4.78, 5) is 14.8. The Morgan fingerprint density at radius 2 is 2.11 bits per heavy atom. The number of carbonyl (C=O) groups is 1. The smallest absolute Gasteiger partial charge is 0.227 e. The number of aryl methyl sites for hydroxylation is 2. The molecule has 140 valence electrons. The first-order valence-corrected chi connectivity index (χ1v) is 9.41. The number of aromatic amines is 1. The number of benzene rings is 1. The third-order valence-corrected chi connectivity index (χ3v) is 5.45. The number of H-pyrrole nitrogens is 1. The molecule has 0 bridgehead atoms. The number of likely N-dealkylation sites (tertiary alicyclic amines) is 1. The molecule has 6 heteroatoms. The number of rotatable bonds is 4. The highest BCUT2D eigenvalue weighted by Crippen LogP contribution is 2.33. The van der Waals surface area contributed by atoms with Gasteiger partial charge in [-0.1, -0.05) is 35.5 Å². The second-order valence-electron chi connectivity index (χ2n) is 7.22. The molecule has 1 N–H and O–H groups in total. The van der Waals surface area contributed by atoms with Crippen LogP contribution in [0, 0.1) is 13.8 Å². The predicted molar refractivity (Wildman–Crippen MR) is 102 cm³/mol. The van der Waals surface area contributed by atoms with E-state index in [4.69, 9.17) is 4.52 Å². The van der Waals surface area contributed by atoms with Crippen LogP contribution in [0.1, 0.15) is 41.5 Å². The molecule has 0 radical (unpaired) electrons. The molecule has 1 aromatic carbocycles. The molecule has 1 atom stereocenters. The van der Waals surface area contributed by atoms with Crippen LogP contribution >= 0.6 is 0 Å². The Kier molecular flexibility index (Phi) is 4.79. The van der Waals surface area contributed by atoms with Crippen LogP contribution in [0.5, 0.6) is 0 Å². The molecule has 0 spiro atoms. The van der Waals surface area contributed by atoms with Crippen molar-refractivity contribution in [3.63, 3.8) is 0 Å². The lowest BCUT2D eigenvalue weighted by atomic mass is 9.90. The summed E-state index contributed by atoms with van der Waals surface area (Å²) in [6.07, 6.45) is 4.28. The van der Waals surface area contributed by atoms with Crippen LogP contribution in [0.2, 0.25) is 0 Å². The summed E-state index contributed by atoms with van der Waals surface area (Å²) < 4.78 is 5.19. The van der Waals surface area contributed by atoms with Gasteiger partial charge in [-0.2, -0.15) is 5.10 Å². The van der Waals surface area contributed by atoms with Crippen molar-refractivity contribution in [2.24, 2.45) is 0 Å². The second kappa shape index (κ2) is 7.39. The van der Waals surface area contributed by atoms with E-state index in [0.29, 0.717) is 13.0 Å². The molecular weight excluding hydrogens is 340 g/mol. The summed E-state index contributed by atoms with van der Waals surface area (Å²) in [5.74, 6) is 1.13. The monoisotopic (exact) mass is 364 g/mol. The van der Waals surface area contributed by atoms with Gasteiger partial charge in [0, 0.05) is 35.8 Å². The second-order valence-corrected chi connectivity index (χ2v) is 7.22. The van der Waals surface area contributed by atoms with Gasteiger partial charge in [-0.3, -0.25) is 9.89 Å². The molecule has 4 rings (SSSR count). The number of carbonyl (C=O) groups excluding carboxylic acids is 1. The van der Waals surface area contributed by atoms with Gasteiger partial charge < -0.3 is 9.42 Å². The standard InChI is InChI=1S/C21H24N4O2/c1-14-18(15(2)27-24-14)11-20(26)25-10-6-9-17(13-25)21-19(12-22-23-21)16-7-4-3-5-8-16/h3-5,7-8,12,17H,6,9-11,13H2,1-2H3,(H,22,23)/t17-/m0/s1. The average Bonchev–Trinajstić information content (AvgIpc) is 3.31. The van der Waals surface area contributed by atoms with Gasteiger partial charge in [0.25, 0.3) is 0 Å². The van der Waals surface area contributed by atoms with Gasteiger partial charge >= 0.3 is 0 Å². The van der Waals surface area contributed by atoms with Crippen molar-refractivity contribution in [2.75, 3.05) is 13.1 Å². The van der Waals surface area contributed by atoms with E-state index < -0.39 is 0 Å². The van der Waals surface area contributed by atoms with E-state index in [9.17, 15) is 4.79 Å². The predicted octanol–water partition coefficient (Wildman–Crippen LogP) is 3.63. The molecule has 1 amide bonds. The highest BCUT2D eigenvalue weighted by atomic mass is 16.5. The van der Waals surface area contributed by atoms with E-state index in [1.807, 2.05) is 43.1 Å². The highest BCUT2D eigenvalue weighted by Gasteiger charge is 2.28. The molecular formula is C21H24N4O2. The molecule has 27 heavy (non-hydrogen) atoms. The molecule has 0 aliphatic carbocycles. The molecule has 3 heterocycles. The Labute approximate surface area is 158 Å². The Balaban J connectivity index is 1.51. The lowest BCUT2D eigenvalue weighted by Crippen LogP contribution is -2.40. The maximum Gasteiger partial charge on any atom is 0.227 e. The third-order valence-electron chi connectivity index (χ3n) is 5.45. The summed E-state index contributed by atoms with van der Waals surface area (Å²) in [5.41, 5.74) is 5.11. The van der Waals surface area contributed by atoms with Crippen molar-refractivity contribution in [2.45, 2.75) is 39.0 Å². The normalized spacial score (nSPS) is 17.3. The summed E-state index contributed by atoms with van der Waals surface area (Å²) in [6.45, 7) is 5.25. The first kappa shape index (κ1) is 17.5. The molecule has 6 nitrogen and oxygen atoms in total. The van der Waals surface area contributed by atoms with Crippen molar-refractivity contribution in [3.05, 3.63) is 59.2 Å². The Morgan fingerprint density at radius 3 is 2.85 bits per heavy atom. The molecule has 1 aliphatic rings. The van der Waals surface area contributed by atoms with Gasteiger partial charge in [0.2, 0.25) is 5.91 Å². The van der Waals surface area contributed by atoms with Crippen LogP contribution in [-0.2, 0) is 11.2 Å². The minimum atomic E-state index is 0.134. The van der Waals surface area contributed by atoms with Crippen molar-refractivity contribution in [1.82, 2.24) is 20.3 Å². The van der Waals surface area contributed by atoms with Crippen LogP contribution in [0.4, 0.5) is 0 Å². The largest absolute Gasteiger partial charge is 0.361 e. The Bertz CT molecular complexity index is 909. The molecule has 1 aliphatic heterocycles. The maximum absolute atomic E-state index is 12.9. The summed E-state index contributed by atoms with van der Waals surface area (Å²) in [5, 5.41) is 11.4. The van der Waals surface area contributed by atoms with Gasteiger partial charge in [0.1, 0.15) is 5.76 Å². The highest BCUT2D eigenvalue weighted by molar-refractivity contribution is 5.79. The van der Waals surface area contributed by atoms with Gasteiger partial charge in [-0.25, -0.2) is 0 Å². The number of piperidine rings is 1. The molecule has 1 fully saturated rings. The number of aromatic nitrogens is 3. The van der Waals surface area contributed by atoms with Crippen LogP contribution in [-0.4, -0.2) is 39.3 Å². The molecule has 2 aromatic heterocycles. The average molecular weight is 364 g/mol. The number of amides is 1. The topological polar surface area (TPSA) is 75.0 Å². The van der Waals surface area contributed by atoms with E-state index in [-0.39, 0.29) is 11.8 Å². The summed E-state index contributed by atoms with van der Waals surface area (Å²) in [6, 6.07) is 10.3. The van der Waals surface area contributed by atoms with Gasteiger partial charge in [0.05, 0.1) is 18.3 Å². The summed E-state index contributed by atoms with van der Waals surface area (Å²) in [7, 11) is 0. The maximum atomic E-state index is 12.9.